The molecule has 2 rings (SSSR count). The summed E-state index contributed by atoms with van der Waals surface area (Å²) in [4.78, 5) is 31.3. The molecule has 0 N–H and O–H groups in total. The van der Waals surface area contributed by atoms with Crippen molar-refractivity contribution in [2.24, 2.45) is 0 Å². The van der Waals surface area contributed by atoms with Gasteiger partial charge >= 0.3 is 5.97 Å². The van der Waals surface area contributed by atoms with E-state index in [1.807, 2.05) is 14.0 Å². The van der Waals surface area contributed by atoms with E-state index < -0.39 is 5.54 Å². The van der Waals surface area contributed by atoms with Gasteiger partial charge in [0.1, 0.15) is 4.88 Å². The molecule has 0 aliphatic heterocycles. The van der Waals surface area contributed by atoms with Crippen LogP contribution >= 0.6 is 11.3 Å². The summed E-state index contributed by atoms with van der Waals surface area (Å²) in [5.74, 6) is -0.263. The zero-order valence-electron chi connectivity index (χ0n) is 13.6. The van der Waals surface area contributed by atoms with Crippen molar-refractivity contribution in [1.29, 1.82) is 0 Å². The van der Waals surface area contributed by atoms with E-state index in [0.717, 1.165) is 37.1 Å². The molecule has 122 valence electrons. The molecule has 0 spiro atoms. The molecule has 0 unspecified atom stereocenters. The fourth-order valence-electron chi connectivity index (χ4n) is 3.16. The highest BCUT2D eigenvalue weighted by Crippen LogP contribution is 2.37. The molecule has 0 bridgehead atoms. The van der Waals surface area contributed by atoms with Gasteiger partial charge in [0.2, 0.25) is 0 Å². The van der Waals surface area contributed by atoms with Gasteiger partial charge in [-0.25, -0.2) is 4.98 Å². The van der Waals surface area contributed by atoms with Crippen molar-refractivity contribution >= 4 is 23.2 Å². The number of ether oxygens (including phenoxy) is 1. The Hall–Kier alpha value is -1.43. The van der Waals surface area contributed by atoms with Gasteiger partial charge < -0.3 is 9.64 Å². The minimum atomic E-state index is -0.417. The summed E-state index contributed by atoms with van der Waals surface area (Å²) in [6.45, 7) is 4.07. The predicted molar refractivity (Wildman–Crippen MR) is 86.0 cm³/mol. The van der Waals surface area contributed by atoms with Crippen molar-refractivity contribution in [3.63, 3.8) is 0 Å². The number of hydrogen-bond donors (Lipinski definition) is 0. The van der Waals surface area contributed by atoms with Crippen LogP contribution in [0.4, 0.5) is 0 Å². The Bertz CT molecular complexity index is 535. The average Bonchev–Trinajstić information content (AvgIpc) is 2.93. The summed E-state index contributed by atoms with van der Waals surface area (Å²) < 4.78 is 5.12. The second-order valence-electron chi connectivity index (χ2n) is 5.87. The quantitative estimate of drug-likeness (QED) is 0.781. The maximum Gasteiger partial charge on any atom is 0.308 e. The molecular weight excluding hydrogens is 300 g/mol. The minimum Gasteiger partial charge on any atom is -0.466 e. The van der Waals surface area contributed by atoms with E-state index in [4.69, 9.17) is 4.74 Å². The fourth-order valence-corrected chi connectivity index (χ4v) is 3.92. The van der Waals surface area contributed by atoms with Crippen LogP contribution in [0.25, 0.3) is 0 Å². The van der Waals surface area contributed by atoms with Crippen LogP contribution in [-0.4, -0.2) is 41.0 Å². The van der Waals surface area contributed by atoms with Crippen LogP contribution in [0.15, 0.2) is 6.20 Å². The smallest absolute Gasteiger partial charge is 0.308 e. The lowest BCUT2D eigenvalue weighted by Crippen LogP contribution is -2.52. The lowest BCUT2D eigenvalue weighted by molar-refractivity contribution is -0.146. The molecule has 0 radical (unpaired) electrons. The van der Waals surface area contributed by atoms with Gasteiger partial charge in [-0.15, -0.1) is 11.3 Å². The van der Waals surface area contributed by atoms with Crippen LogP contribution in [0.5, 0.6) is 0 Å². The molecule has 0 atom stereocenters. The SMILES string of the molecule is CCOC(=O)CC1(N(C)C(=O)c2cnc(C)s2)CCCCC1. The first kappa shape index (κ1) is 16.9. The van der Waals surface area contributed by atoms with Crippen LogP contribution in [0.1, 0.15) is 60.1 Å². The fraction of sp³-hybridized carbons (Fsp3) is 0.688. The highest BCUT2D eigenvalue weighted by molar-refractivity contribution is 7.13. The Morgan fingerprint density at radius 3 is 2.59 bits per heavy atom. The van der Waals surface area contributed by atoms with Crippen molar-refractivity contribution in [2.75, 3.05) is 13.7 Å². The third-order valence-electron chi connectivity index (χ3n) is 4.41. The Balaban J connectivity index is 2.20. The Kier molecular flexibility index (Phi) is 5.56. The van der Waals surface area contributed by atoms with Crippen molar-refractivity contribution in [2.45, 2.75) is 57.9 Å². The van der Waals surface area contributed by atoms with E-state index in [1.54, 1.807) is 18.0 Å². The molecule has 0 saturated heterocycles. The molecular formula is C16H24N2O3S. The maximum absolute atomic E-state index is 12.7. The summed E-state index contributed by atoms with van der Waals surface area (Å²) >= 11 is 1.40. The molecule has 1 saturated carbocycles. The summed E-state index contributed by atoms with van der Waals surface area (Å²) in [5, 5.41) is 0.875. The standard InChI is InChI=1S/C16H24N2O3S/c1-4-21-14(19)10-16(8-6-5-7-9-16)18(3)15(20)13-11-17-12(2)22-13/h11H,4-10H2,1-3H3. The van der Waals surface area contributed by atoms with Crippen LogP contribution in [-0.2, 0) is 9.53 Å². The minimum absolute atomic E-state index is 0.0446. The maximum atomic E-state index is 12.7. The molecule has 22 heavy (non-hydrogen) atoms. The summed E-state index contributed by atoms with van der Waals surface area (Å²) in [6.07, 6.45) is 6.85. The van der Waals surface area contributed by atoms with E-state index in [-0.39, 0.29) is 18.3 Å². The summed E-state index contributed by atoms with van der Waals surface area (Å²) in [5.41, 5.74) is -0.417. The second-order valence-corrected chi connectivity index (χ2v) is 7.11. The summed E-state index contributed by atoms with van der Waals surface area (Å²) in [6, 6.07) is 0. The molecule has 1 aliphatic rings. The van der Waals surface area contributed by atoms with Gasteiger partial charge in [-0.05, 0) is 26.7 Å². The number of hydrogen-bond acceptors (Lipinski definition) is 5. The van der Waals surface area contributed by atoms with Gasteiger partial charge in [0.15, 0.2) is 0 Å². The van der Waals surface area contributed by atoms with Gasteiger partial charge in [0, 0.05) is 7.05 Å². The van der Waals surface area contributed by atoms with Gasteiger partial charge in [-0.3, -0.25) is 9.59 Å². The number of esters is 1. The topological polar surface area (TPSA) is 59.5 Å². The van der Waals surface area contributed by atoms with Gasteiger partial charge in [0.05, 0.1) is 29.8 Å². The van der Waals surface area contributed by atoms with Gasteiger partial charge in [-0.2, -0.15) is 0 Å². The number of rotatable bonds is 5. The van der Waals surface area contributed by atoms with E-state index in [9.17, 15) is 9.59 Å². The number of nitrogens with zero attached hydrogens (tertiary/aromatic N) is 2. The Morgan fingerprint density at radius 2 is 2.05 bits per heavy atom. The number of thiazole rings is 1. The molecule has 1 aromatic heterocycles. The van der Waals surface area contributed by atoms with E-state index >= 15 is 0 Å². The molecule has 5 nitrogen and oxygen atoms in total. The average molecular weight is 324 g/mol. The number of aryl methyl sites for hydroxylation is 1. The first-order valence-electron chi connectivity index (χ1n) is 7.85. The van der Waals surface area contributed by atoms with Gasteiger partial charge in [-0.1, -0.05) is 19.3 Å². The Morgan fingerprint density at radius 1 is 1.36 bits per heavy atom. The van der Waals surface area contributed by atoms with E-state index in [1.165, 1.54) is 11.3 Å². The van der Waals surface area contributed by atoms with Crippen molar-refractivity contribution in [3.05, 3.63) is 16.1 Å². The van der Waals surface area contributed by atoms with Crippen molar-refractivity contribution < 1.29 is 14.3 Å². The molecule has 1 aromatic rings. The van der Waals surface area contributed by atoms with Crippen molar-refractivity contribution in [3.8, 4) is 0 Å². The zero-order chi connectivity index (χ0) is 16.2. The van der Waals surface area contributed by atoms with Crippen LogP contribution in [0.3, 0.4) is 0 Å². The van der Waals surface area contributed by atoms with Crippen molar-refractivity contribution in [1.82, 2.24) is 9.88 Å². The molecule has 1 heterocycles. The van der Waals surface area contributed by atoms with Crippen LogP contribution in [0.2, 0.25) is 0 Å². The number of carbonyl (C=O) groups excluding carboxylic acids is 2. The largest absolute Gasteiger partial charge is 0.466 e. The zero-order valence-corrected chi connectivity index (χ0v) is 14.4. The molecule has 0 aromatic carbocycles. The summed E-state index contributed by atoms with van der Waals surface area (Å²) in [7, 11) is 1.81. The Labute approximate surface area is 135 Å². The van der Waals surface area contributed by atoms with E-state index in [0.29, 0.717) is 11.5 Å². The van der Waals surface area contributed by atoms with Crippen LogP contribution in [0, 0.1) is 6.92 Å². The molecule has 1 aliphatic carbocycles. The van der Waals surface area contributed by atoms with E-state index in [2.05, 4.69) is 4.98 Å². The normalized spacial score (nSPS) is 17.0. The first-order chi connectivity index (χ1) is 10.5. The number of aromatic nitrogens is 1. The molecule has 6 heteroatoms. The second kappa shape index (κ2) is 7.22. The third kappa shape index (κ3) is 3.66. The molecule has 1 amide bonds. The lowest BCUT2D eigenvalue weighted by atomic mass is 9.78. The number of carbonyl (C=O) groups is 2. The van der Waals surface area contributed by atoms with Crippen LogP contribution < -0.4 is 0 Å². The van der Waals surface area contributed by atoms with Gasteiger partial charge in [0.25, 0.3) is 5.91 Å². The number of amides is 1. The lowest BCUT2D eigenvalue weighted by Gasteiger charge is -2.44. The third-order valence-corrected chi connectivity index (χ3v) is 5.31. The molecule has 1 fully saturated rings. The highest BCUT2D eigenvalue weighted by Gasteiger charge is 2.41. The highest BCUT2D eigenvalue weighted by atomic mass is 32.1. The monoisotopic (exact) mass is 324 g/mol. The predicted octanol–water partition coefficient (Wildman–Crippen LogP) is 3.18. The first-order valence-corrected chi connectivity index (χ1v) is 8.66.